The first-order chi connectivity index (χ1) is 15.0. The van der Waals surface area contributed by atoms with Crippen LogP contribution in [-0.2, 0) is 11.2 Å². The summed E-state index contributed by atoms with van der Waals surface area (Å²) in [7, 11) is 1.56. The number of likely N-dealkylation sites (tertiary alicyclic amines) is 1. The van der Waals surface area contributed by atoms with Gasteiger partial charge in [-0.05, 0) is 61.4 Å². The van der Waals surface area contributed by atoms with Crippen molar-refractivity contribution >= 4 is 11.9 Å². The van der Waals surface area contributed by atoms with Crippen LogP contribution in [-0.4, -0.2) is 37.0 Å². The number of carbonyl (C=O) groups is 2. The molecule has 1 aliphatic heterocycles. The van der Waals surface area contributed by atoms with Crippen molar-refractivity contribution in [3.63, 3.8) is 0 Å². The number of fused-ring (bicyclic) bond motifs is 1. The Morgan fingerprint density at radius 3 is 2.48 bits per heavy atom. The van der Waals surface area contributed by atoms with Crippen molar-refractivity contribution in [3.05, 3.63) is 59.2 Å². The van der Waals surface area contributed by atoms with E-state index in [1.807, 2.05) is 30.0 Å². The first-order valence-corrected chi connectivity index (χ1v) is 11.3. The zero-order valence-electron chi connectivity index (χ0n) is 18.4. The molecule has 1 amide bonds. The van der Waals surface area contributed by atoms with E-state index in [0.717, 1.165) is 36.6 Å². The number of methoxy groups -OCH3 is 1. The minimum atomic E-state index is -0.343. The summed E-state index contributed by atoms with van der Waals surface area (Å²) in [5, 5.41) is 0. The third-order valence-electron chi connectivity index (χ3n) is 6.68. The molecular formula is C26H31NO4. The highest BCUT2D eigenvalue weighted by Gasteiger charge is 2.33. The highest BCUT2D eigenvalue weighted by Crippen LogP contribution is 2.37. The van der Waals surface area contributed by atoms with Crippen LogP contribution >= 0.6 is 0 Å². The summed E-state index contributed by atoms with van der Waals surface area (Å²) in [6, 6.07) is 12.7. The number of hydrogen-bond donors (Lipinski definition) is 0. The summed E-state index contributed by atoms with van der Waals surface area (Å²) in [4.78, 5) is 27.5. The van der Waals surface area contributed by atoms with Crippen LogP contribution in [0.4, 0.5) is 0 Å². The summed E-state index contributed by atoms with van der Waals surface area (Å²) >= 11 is 0. The molecule has 2 aromatic rings. The first-order valence-electron chi connectivity index (χ1n) is 11.3. The Kier molecular flexibility index (Phi) is 6.59. The molecular weight excluding hydrogens is 390 g/mol. The van der Waals surface area contributed by atoms with E-state index in [1.165, 1.54) is 25.7 Å². The van der Waals surface area contributed by atoms with Crippen molar-refractivity contribution in [2.75, 3.05) is 20.2 Å². The fraction of sp³-hybridized carbons (Fsp3) is 0.462. The van der Waals surface area contributed by atoms with E-state index in [1.54, 1.807) is 31.4 Å². The van der Waals surface area contributed by atoms with Crippen LogP contribution in [0.5, 0.6) is 11.5 Å². The number of rotatable bonds is 5. The number of hydrogen-bond acceptors (Lipinski definition) is 4. The third kappa shape index (κ3) is 5.09. The fourth-order valence-corrected chi connectivity index (χ4v) is 4.92. The minimum absolute atomic E-state index is 0.0228. The molecule has 164 valence electrons. The summed E-state index contributed by atoms with van der Waals surface area (Å²) in [5.74, 6) is 2.13. The second-order valence-corrected chi connectivity index (χ2v) is 8.84. The van der Waals surface area contributed by atoms with E-state index in [-0.39, 0.29) is 18.3 Å². The second-order valence-electron chi connectivity index (χ2n) is 8.84. The van der Waals surface area contributed by atoms with E-state index in [2.05, 4.69) is 0 Å². The van der Waals surface area contributed by atoms with Gasteiger partial charge < -0.3 is 14.4 Å². The molecule has 0 spiro atoms. The lowest BCUT2D eigenvalue weighted by Crippen LogP contribution is -2.44. The molecule has 2 atom stereocenters. The number of piperidine rings is 1. The Morgan fingerprint density at radius 1 is 1.00 bits per heavy atom. The molecule has 0 N–H and O–H groups in total. The van der Waals surface area contributed by atoms with Crippen molar-refractivity contribution in [1.82, 2.24) is 4.90 Å². The topological polar surface area (TPSA) is 55.8 Å². The molecule has 0 bridgehead atoms. The van der Waals surface area contributed by atoms with Crippen molar-refractivity contribution in [1.29, 1.82) is 0 Å². The number of amides is 1. The Bertz CT molecular complexity index is 937. The van der Waals surface area contributed by atoms with E-state index in [9.17, 15) is 9.59 Å². The predicted molar refractivity (Wildman–Crippen MR) is 119 cm³/mol. The predicted octanol–water partition coefficient (Wildman–Crippen LogP) is 4.80. The number of aryl methyl sites for hydroxylation is 1. The summed E-state index contributed by atoms with van der Waals surface area (Å²) < 4.78 is 10.9. The Balaban J connectivity index is 1.42. The zero-order chi connectivity index (χ0) is 21.8. The Hall–Kier alpha value is -2.82. The van der Waals surface area contributed by atoms with Gasteiger partial charge in [0.25, 0.3) is 5.91 Å². The number of esters is 1. The average molecular weight is 422 g/mol. The molecule has 2 aliphatic rings. The van der Waals surface area contributed by atoms with Gasteiger partial charge in [0, 0.05) is 13.1 Å². The van der Waals surface area contributed by atoms with Crippen molar-refractivity contribution in [2.24, 2.45) is 11.8 Å². The average Bonchev–Trinajstić information content (AvgIpc) is 2.79. The zero-order valence-corrected chi connectivity index (χ0v) is 18.4. The molecule has 1 unspecified atom stereocenters. The summed E-state index contributed by atoms with van der Waals surface area (Å²) in [5.41, 5.74) is 2.43. The smallest absolute Gasteiger partial charge is 0.315 e. The summed E-state index contributed by atoms with van der Waals surface area (Å²) in [6.07, 6.45) is 6.36. The lowest BCUT2D eigenvalue weighted by molar-refractivity contribution is -0.133. The molecule has 1 aliphatic carbocycles. The van der Waals surface area contributed by atoms with E-state index >= 15 is 0 Å². The highest BCUT2D eigenvalue weighted by atomic mass is 16.5. The molecule has 1 saturated carbocycles. The van der Waals surface area contributed by atoms with Gasteiger partial charge in [-0.1, -0.05) is 43.0 Å². The fourth-order valence-electron chi connectivity index (χ4n) is 4.92. The Morgan fingerprint density at radius 2 is 1.74 bits per heavy atom. The highest BCUT2D eigenvalue weighted by molar-refractivity contribution is 5.97. The number of ether oxygens (including phenoxy) is 2. The van der Waals surface area contributed by atoms with Crippen molar-refractivity contribution in [3.8, 4) is 11.5 Å². The van der Waals surface area contributed by atoms with Gasteiger partial charge in [-0.3, -0.25) is 9.59 Å². The molecule has 31 heavy (non-hydrogen) atoms. The first kappa shape index (κ1) is 21.4. The Labute approximate surface area is 184 Å². The minimum Gasteiger partial charge on any atom is -0.496 e. The lowest BCUT2D eigenvalue weighted by Gasteiger charge is -2.41. The van der Waals surface area contributed by atoms with Crippen LogP contribution in [0.3, 0.4) is 0 Å². The molecule has 2 fully saturated rings. The molecule has 5 nitrogen and oxygen atoms in total. The van der Waals surface area contributed by atoms with Crippen LogP contribution in [0.1, 0.15) is 53.6 Å². The number of benzene rings is 2. The molecule has 1 heterocycles. The van der Waals surface area contributed by atoms with Crippen molar-refractivity contribution < 1.29 is 19.1 Å². The molecule has 2 aromatic carbocycles. The van der Waals surface area contributed by atoms with Gasteiger partial charge in [-0.25, -0.2) is 0 Å². The summed E-state index contributed by atoms with van der Waals surface area (Å²) in [6.45, 7) is 3.64. The van der Waals surface area contributed by atoms with Gasteiger partial charge >= 0.3 is 5.97 Å². The SMILES string of the molecule is COc1cc(CC(=O)Oc2ccc(C)cc2)ccc1C(=O)N1CCC2CCCC[C@H]2C1. The van der Waals surface area contributed by atoms with Crippen molar-refractivity contribution in [2.45, 2.75) is 45.4 Å². The van der Waals surface area contributed by atoms with Gasteiger partial charge in [0.15, 0.2) is 0 Å². The monoisotopic (exact) mass is 421 g/mol. The molecule has 1 saturated heterocycles. The van der Waals surface area contributed by atoms with Gasteiger partial charge in [-0.2, -0.15) is 0 Å². The van der Waals surface area contributed by atoms with Gasteiger partial charge in [0.2, 0.25) is 0 Å². The normalized spacial score (nSPS) is 20.6. The van der Waals surface area contributed by atoms with E-state index in [0.29, 0.717) is 23.0 Å². The van der Waals surface area contributed by atoms with E-state index in [4.69, 9.17) is 9.47 Å². The maximum Gasteiger partial charge on any atom is 0.315 e. The number of nitrogens with zero attached hydrogens (tertiary/aromatic N) is 1. The molecule has 4 rings (SSSR count). The molecule has 5 heteroatoms. The quantitative estimate of drug-likeness (QED) is 0.514. The number of carbonyl (C=O) groups excluding carboxylic acids is 2. The standard InChI is InChI=1S/C26H31NO4/c1-18-7-10-22(11-8-18)31-25(28)16-19-9-12-23(24(15-19)30-2)26(29)27-14-13-20-5-3-4-6-21(20)17-27/h7-12,15,20-21H,3-6,13-14,16-17H2,1-2H3/t20?,21-/m0/s1. The molecule has 0 radical (unpaired) electrons. The van der Waals surface area contributed by atoms with Crippen LogP contribution in [0.25, 0.3) is 0 Å². The van der Waals surface area contributed by atoms with Gasteiger partial charge in [-0.15, -0.1) is 0 Å². The molecule has 0 aromatic heterocycles. The second kappa shape index (κ2) is 9.54. The van der Waals surface area contributed by atoms with Gasteiger partial charge in [0.1, 0.15) is 11.5 Å². The van der Waals surface area contributed by atoms with Crippen LogP contribution in [0, 0.1) is 18.8 Å². The van der Waals surface area contributed by atoms with Crippen LogP contribution in [0.2, 0.25) is 0 Å². The van der Waals surface area contributed by atoms with Gasteiger partial charge in [0.05, 0.1) is 19.1 Å². The maximum absolute atomic E-state index is 13.2. The third-order valence-corrected chi connectivity index (χ3v) is 6.68. The van der Waals surface area contributed by atoms with E-state index < -0.39 is 0 Å². The van der Waals surface area contributed by atoms with Crippen LogP contribution < -0.4 is 9.47 Å². The largest absolute Gasteiger partial charge is 0.496 e. The maximum atomic E-state index is 13.2. The lowest BCUT2D eigenvalue weighted by atomic mass is 9.75. The van der Waals surface area contributed by atoms with Crippen LogP contribution in [0.15, 0.2) is 42.5 Å².